The first-order valence-electron chi connectivity index (χ1n) is 3.20. The molecule has 0 saturated heterocycles. The van der Waals surface area contributed by atoms with Crippen molar-refractivity contribution in [2.45, 2.75) is 0 Å². The fourth-order valence-electron chi connectivity index (χ4n) is 0.805. The molecule has 0 unspecified atom stereocenters. The van der Waals surface area contributed by atoms with Gasteiger partial charge < -0.3 is 10.2 Å². The van der Waals surface area contributed by atoms with E-state index < -0.39 is 28.9 Å². The third-order valence-corrected chi connectivity index (χ3v) is 1.38. The van der Waals surface area contributed by atoms with E-state index in [-0.39, 0.29) is 0 Å². The minimum atomic E-state index is -1.10. The van der Waals surface area contributed by atoms with Crippen molar-refractivity contribution in [2.75, 3.05) is 0 Å². The molecule has 0 aromatic heterocycles. The van der Waals surface area contributed by atoms with Crippen LogP contribution in [0.4, 0.5) is 0 Å². The summed E-state index contributed by atoms with van der Waals surface area (Å²) in [4.78, 5) is 11.5. The van der Waals surface area contributed by atoms with Gasteiger partial charge in [-0.15, -0.1) is 0 Å². The van der Waals surface area contributed by atoms with Gasteiger partial charge in [0, 0.05) is 0 Å². The van der Waals surface area contributed by atoms with E-state index in [0.717, 1.165) is 0 Å². The standard InChI is InChI=1S/C8H2N4O2/c1-9-4-5(7(10-2)11-3)12-8(14)6(4)13/h13H,(H,12,14)/p-2. The van der Waals surface area contributed by atoms with Gasteiger partial charge in [-0.3, -0.25) is 4.99 Å². The third-order valence-electron chi connectivity index (χ3n) is 1.38. The van der Waals surface area contributed by atoms with Gasteiger partial charge in [-0.05, 0) is 5.90 Å². The Morgan fingerprint density at radius 3 is 2.14 bits per heavy atom. The molecule has 1 aliphatic rings. The van der Waals surface area contributed by atoms with E-state index in [1.165, 1.54) is 0 Å². The number of hydrogen-bond acceptors (Lipinski definition) is 3. The van der Waals surface area contributed by atoms with Crippen molar-refractivity contribution >= 4 is 5.90 Å². The highest BCUT2D eigenvalue weighted by molar-refractivity contribution is 5.93. The Morgan fingerprint density at radius 2 is 1.71 bits per heavy atom. The zero-order valence-electron chi connectivity index (χ0n) is 6.61. The summed E-state index contributed by atoms with van der Waals surface area (Å²) in [5.41, 5.74) is -0.947. The van der Waals surface area contributed by atoms with E-state index in [1.807, 2.05) is 0 Å². The molecule has 0 amide bonds. The summed E-state index contributed by atoms with van der Waals surface area (Å²) in [5, 5.41) is 21.7. The molecule has 0 bridgehead atoms. The maximum atomic E-state index is 10.9. The zero-order valence-corrected chi connectivity index (χ0v) is 6.61. The van der Waals surface area contributed by atoms with Gasteiger partial charge in [-0.1, -0.05) is 5.76 Å². The first-order chi connectivity index (χ1) is 6.65. The summed E-state index contributed by atoms with van der Waals surface area (Å²) >= 11 is 0. The first-order valence-corrected chi connectivity index (χ1v) is 3.20. The van der Waals surface area contributed by atoms with Crippen LogP contribution in [0.2, 0.25) is 0 Å². The van der Waals surface area contributed by atoms with Crippen LogP contribution in [0.15, 0.2) is 28.0 Å². The fourth-order valence-corrected chi connectivity index (χ4v) is 0.805. The van der Waals surface area contributed by atoms with E-state index in [0.29, 0.717) is 0 Å². The highest BCUT2D eigenvalue weighted by Crippen LogP contribution is 2.26. The van der Waals surface area contributed by atoms with E-state index >= 15 is 0 Å². The van der Waals surface area contributed by atoms with E-state index in [9.17, 15) is 10.2 Å². The van der Waals surface area contributed by atoms with Gasteiger partial charge in [0.25, 0.3) is 0 Å². The summed E-state index contributed by atoms with van der Waals surface area (Å²) in [7, 11) is 0. The SMILES string of the molecule is [C-]#[N+]C([N+]#[C-])=C1N=C([O-])C([O-])=C1[N+]#[C-]. The molecule has 6 heteroatoms. The lowest BCUT2D eigenvalue weighted by atomic mass is 10.3. The van der Waals surface area contributed by atoms with Crippen LogP contribution in [0.5, 0.6) is 0 Å². The zero-order chi connectivity index (χ0) is 10.7. The van der Waals surface area contributed by atoms with Crippen LogP contribution in [0.1, 0.15) is 0 Å². The summed E-state index contributed by atoms with van der Waals surface area (Å²) in [6.07, 6.45) is 0. The van der Waals surface area contributed by atoms with E-state index in [1.54, 1.807) is 0 Å². The van der Waals surface area contributed by atoms with Gasteiger partial charge in [0.1, 0.15) is 13.1 Å². The minimum absolute atomic E-state index is 0.403. The average molecular weight is 184 g/mol. The van der Waals surface area contributed by atoms with Crippen molar-refractivity contribution in [2.24, 2.45) is 4.99 Å². The molecule has 0 N–H and O–H groups in total. The molecule has 66 valence electrons. The van der Waals surface area contributed by atoms with Crippen LogP contribution in [0.3, 0.4) is 0 Å². The molecule has 1 heterocycles. The van der Waals surface area contributed by atoms with Crippen molar-refractivity contribution in [1.82, 2.24) is 0 Å². The van der Waals surface area contributed by atoms with Crippen LogP contribution >= 0.6 is 0 Å². The second kappa shape index (κ2) is 3.30. The van der Waals surface area contributed by atoms with Crippen molar-refractivity contribution in [3.05, 3.63) is 57.2 Å². The summed E-state index contributed by atoms with van der Waals surface area (Å²) in [6.45, 7) is 19.8. The maximum Gasteiger partial charge on any atom is 0.534 e. The van der Waals surface area contributed by atoms with Crippen molar-refractivity contribution in [1.29, 1.82) is 0 Å². The largest absolute Gasteiger partial charge is 0.880 e. The quantitative estimate of drug-likeness (QED) is 0.465. The summed E-state index contributed by atoms with van der Waals surface area (Å²) in [6, 6.07) is 0. The Morgan fingerprint density at radius 1 is 1.14 bits per heavy atom. The molecule has 1 aliphatic heterocycles. The van der Waals surface area contributed by atoms with Gasteiger partial charge in [0.15, 0.2) is 5.70 Å². The molecular formula is C8N4O2-2. The number of nitrogens with zero attached hydrogens (tertiary/aromatic N) is 4. The lowest BCUT2D eigenvalue weighted by Gasteiger charge is -2.13. The average Bonchev–Trinajstić information content (AvgIpc) is 2.45. The summed E-state index contributed by atoms with van der Waals surface area (Å²) < 4.78 is 0. The normalized spacial score (nSPS) is 14.1. The van der Waals surface area contributed by atoms with Crippen molar-refractivity contribution in [3.63, 3.8) is 0 Å². The van der Waals surface area contributed by atoms with Crippen LogP contribution in [0, 0.1) is 19.7 Å². The molecule has 0 fully saturated rings. The van der Waals surface area contributed by atoms with Crippen LogP contribution in [0.25, 0.3) is 14.5 Å². The Kier molecular flexibility index (Phi) is 2.20. The predicted molar refractivity (Wildman–Crippen MR) is 41.3 cm³/mol. The van der Waals surface area contributed by atoms with Crippen LogP contribution in [-0.2, 0) is 0 Å². The Balaban J connectivity index is 3.50. The van der Waals surface area contributed by atoms with Gasteiger partial charge in [0.2, 0.25) is 5.70 Å². The lowest BCUT2D eigenvalue weighted by molar-refractivity contribution is -0.315. The minimum Gasteiger partial charge on any atom is -0.880 e. The molecule has 0 spiro atoms. The second-order valence-corrected chi connectivity index (χ2v) is 2.10. The summed E-state index contributed by atoms with van der Waals surface area (Å²) in [5.74, 6) is -2.69. The highest BCUT2D eigenvalue weighted by Gasteiger charge is 2.23. The van der Waals surface area contributed by atoms with Crippen LogP contribution in [-0.4, -0.2) is 5.90 Å². The van der Waals surface area contributed by atoms with Gasteiger partial charge in [-0.25, -0.2) is 4.85 Å². The number of aliphatic imine (C=N–C) groups is 1. The monoisotopic (exact) mass is 184 g/mol. The predicted octanol–water partition coefficient (Wildman–Crippen LogP) is -0.742. The van der Waals surface area contributed by atoms with Crippen molar-refractivity contribution in [3.8, 4) is 0 Å². The maximum absolute atomic E-state index is 10.9. The Hall–Kier alpha value is -2.78. The molecule has 6 nitrogen and oxygen atoms in total. The smallest absolute Gasteiger partial charge is 0.534 e. The van der Waals surface area contributed by atoms with Gasteiger partial charge in [-0.2, -0.15) is 9.69 Å². The fraction of sp³-hybridized carbons (Fsp3) is 0. The van der Waals surface area contributed by atoms with Gasteiger partial charge >= 0.3 is 5.82 Å². The molecule has 0 aromatic carbocycles. The molecule has 14 heavy (non-hydrogen) atoms. The van der Waals surface area contributed by atoms with E-state index in [4.69, 9.17) is 19.7 Å². The molecule has 0 radical (unpaired) electrons. The number of hydrogen-bond donors (Lipinski definition) is 0. The molecule has 0 saturated carbocycles. The van der Waals surface area contributed by atoms with Crippen LogP contribution < -0.4 is 10.2 Å². The van der Waals surface area contributed by atoms with Gasteiger partial charge in [0.05, 0.1) is 6.57 Å². The molecule has 1 rings (SSSR count). The third kappa shape index (κ3) is 1.16. The van der Waals surface area contributed by atoms with E-state index in [2.05, 4.69) is 19.5 Å². The first kappa shape index (κ1) is 9.31. The highest BCUT2D eigenvalue weighted by atomic mass is 16.3. The Labute approximate surface area is 79.2 Å². The lowest BCUT2D eigenvalue weighted by Crippen LogP contribution is -2.25. The molecule has 0 atom stereocenters. The topological polar surface area (TPSA) is 71.6 Å². The molecule has 0 aromatic rings. The molecule has 0 aliphatic carbocycles. The van der Waals surface area contributed by atoms with Crippen molar-refractivity contribution < 1.29 is 10.2 Å². The molecular weight excluding hydrogens is 184 g/mol. The number of rotatable bonds is 0. The Bertz CT molecular complexity index is 489. The second-order valence-electron chi connectivity index (χ2n) is 2.10.